The standard InChI is InChI=1S/C20H21N3O6S/c24-20(16-29-19-9-5-4-8-18(19)23(25)26)21-11-13-22(14-12-21)30(27,28)15-10-17-6-2-1-3-7-17/h1-10,15H,11-14,16H2. The zero-order valence-corrected chi connectivity index (χ0v) is 16.9. The first-order valence-corrected chi connectivity index (χ1v) is 10.7. The fourth-order valence-electron chi connectivity index (χ4n) is 2.97. The number of hydrogen-bond donors (Lipinski definition) is 0. The number of piperazine rings is 1. The molecule has 0 N–H and O–H groups in total. The summed E-state index contributed by atoms with van der Waals surface area (Å²) in [6.45, 7) is 0.415. The number of hydrogen-bond acceptors (Lipinski definition) is 6. The van der Waals surface area contributed by atoms with Gasteiger partial charge in [-0.05, 0) is 17.7 Å². The Kier molecular flexibility index (Phi) is 6.80. The largest absolute Gasteiger partial charge is 0.477 e. The zero-order chi connectivity index (χ0) is 21.6. The van der Waals surface area contributed by atoms with E-state index in [0.717, 1.165) is 11.0 Å². The van der Waals surface area contributed by atoms with Gasteiger partial charge in [0.2, 0.25) is 10.0 Å². The average Bonchev–Trinajstić information content (AvgIpc) is 2.77. The van der Waals surface area contributed by atoms with E-state index in [1.165, 1.54) is 33.5 Å². The van der Waals surface area contributed by atoms with Crippen molar-refractivity contribution in [3.05, 3.63) is 75.7 Å². The number of rotatable bonds is 7. The molecule has 1 aliphatic heterocycles. The third kappa shape index (κ3) is 5.43. The molecule has 1 fully saturated rings. The first-order chi connectivity index (χ1) is 14.4. The Bertz CT molecular complexity index is 1030. The molecule has 2 aromatic carbocycles. The van der Waals surface area contributed by atoms with E-state index in [1.54, 1.807) is 18.2 Å². The summed E-state index contributed by atoms with van der Waals surface area (Å²) in [5, 5.41) is 12.2. The molecule has 1 amide bonds. The molecule has 10 heteroatoms. The maximum atomic E-state index is 12.5. The molecule has 0 saturated carbocycles. The number of nitro benzene ring substituents is 1. The van der Waals surface area contributed by atoms with Crippen molar-refractivity contribution in [1.29, 1.82) is 0 Å². The molecule has 0 bridgehead atoms. The van der Waals surface area contributed by atoms with Gasteiger partial charge in [0.15, 0.2) is 12.4 Å². The summed E-state index contributed by atoms with van der Waals surface area (Å²) >= 11 is 0. The molecule has 0 unspecified atom stereocenters. The smallest absolute Gasteiger partial charge is 0.310 e. The lowest BCUT2D eigenvalue weighted by atomic mass is 10.2. The first-order valence-electron chi connectivity index (χ1n) is 9.24. The van der Waals surface area contributed by atoms with Gasteiger partial charge >= 0.3 is 5.69 Å². The van der Waals surface area contributed by atoms with Gasteiger partial charge in [0, 0.05) is 37.7 Å². The van der Waals surface area contributed by atoms with Gasteiger partial charge in [-0.2, -0.15) is 4.31 Å². The van der Waals surface area contributed by atoms with E-state index in [-0.39, 0.29) is 50.1 Å². The lowest BCUT2D eigenvalue weighted by Gasteiger charge is -2.33. The molecular formula is C20H21N3O6S. The summed E-state index contributed by atoms with van der Waals surface area (Å²) in [7, 11) is -3.59. The molecule has 9 nitrogen and oxygen atoms in total. The SMILES string of the molecule is O=C(COc1ccccc1[N+](=O)[O-])N1CCN(S(=O)(=O)C=Cc2ccccc2)CC1. The maximum absolute atomic E-state index is 12.5. The predicted molar refractivity (Wildman–Crippen MR) is 111 cm³/mol. The van der Waals surface area contributed by atoms with E-state index in [0.29, 0.717) is 0 Å². The van der Waals surface area contributed by atoms with Crippen LogP contribution in [0.2, 0.25) is 0 Å². The number of benzene rings is 2. The lowest BCUT2D eigenvalue weighted by Crippen LogP contribution is -2.51. The van der Waals surface area contributed by atoms with Crippen LogP contribution in [0.1, 0.15) is 5.56 Å². The molecule has 1 aliphatic rings. The minimum absolute atomic E-state index is 0.0168. The van der Waals surface area contributed by atoms with Gasteiger partial charge in [-0.25, -0.2) is 8.42 Å². The van der Waals surface area contributed by atoms with Gasteiger partial charge in [-0.15, -0.1) is 0 Å². The maximum Gasteiger partial charge on any atom is 0.310 e. The van der Waals surface area contributed by atoms with Crippen LogP contribution in [0.15, 0.2) is 60.0 Å². The number of carbonyl (C=O) groups excluding carboxylic acids is 1. The number of para-hydroxylation sites is 2. The molecule has 1 heterocycles. The van der Waals surface area contributed by atoms with Gasteiger partial charge in [0.1, 0.15) is 0 Å². The topological polar surface area (TPSA) is 110 Å². The highest BCUT2D eigenvalue weighted by Gasteiger charge is 2.27. The molecule has 0 aromatic heterocycles. The molecular weight excluding hydrogens is 410 g/mol. The number of sulfonamides is 1. The highest BCUT2D eigenvalue weighted by Crippen LogP contribution is 2.25. The van der Waals surface area contributed by atoms with E-state index in [4.69, 9.17) is 4.74 Å². The van der Waals surface area contributed by atoms with E-state index in [9.17, 15) is 23.3 Å². The number of amides is 1. The van der Waals surface area contributed by atoms with E-state index in [2.05, 4.69) is 0 Å². The van der Waals surface area contributed by atoms with Gasteiger partial charge in [0.25, 0.3) is 5.91 Å². The quantitative estimate of drug-likeness (QED) is 0.491. The van der Waals surface area contributed by atoms with Crippen molar-refractivity contribution < 1.29 is 22.9 Å². The van der Waals surface area contributed by atoms with Crippen LogP contribution in [0.4, 0.5) is 5.69 Å². The van der Waals surface area contributed by atoms with Crippen LogP contribution in [-0.2, 0) is 14.8 Å². The monoisotopic (exact) mass is 431 g/mol. The average molecular weight is 431 g/mol. The Balaban J connectivity index is 1.53. The van der Waals surface area contributed by atoms with Crippen molar-refractivity contribution >= 4 is 27.7 Å². The molecule has 0 spiro atoms. The Morgan fingerprint density at radius 1 is 1.03 bits per heavy atom. The van der Waals surface area contributed by atoms with Crippen LogP contribution < -0.4 is 4.74 Å². The Hall–Kier alpha value is -3.24. The van der Waals surface area contributed by atoms with Gasteiger partial charge in [-0.3, -0.25) is 14.9 Å². The molecule has 1 saturated heterocycles. The van der Waals surface area contributed by atoms with Crippen molar-refractivity contribution in [3.8, 4) is 5.75 Å². The fraction of sp³-hybridized carbons (Fsp3) is 0.250. The van der Waals surface area contributed by atoms with Crippen LogP contribution in [0.25, 0.3) is 6.08 Å². The molecule has 3 rings (SSSR count). The van der Waals surface area contributed by atoms with Crippen molar-refractivity contribution in [2.24, 2.45) is 0 Å². The molecule has 0 aliphatic carbocycles. The summed E-state index contributed by atoms with van der Waals surface area (Å²) in [6, 6.07) is 14.9. The summed E-state index contributed by atoms with van der Waals surface area (Å²) in [5.41, 5.74) is 0.563. The van der Waals surface area contributed by atoms with Crippen molar-refractivity contribution in [1.82, 2.24) is 9.21 Å². The number of nitro groups is 1. The Morgan fingerprint density at radius 2 is 1.67 bits per heavy atom. The first kappa shape index (κ1) is 21.5. The summed E-state index contributed by atoms with van der Waals surface area (Å²) in [5.74, 6) is -0.340. The zero-order valence-electron chi connectivity index (χ0n) is 16.1. The Morgan fingerprint density at radius 3 is 2.33 bits per heavy atom. The summed E-state index contributed by atoms with van der Waals surface area (Å²) < 4.78 is 31.6. The highest BCUT2D eigenvalue weighted by molar-refractivity contribution is 7.92. The fourth-order valence-corrected chi connectivity index (χ4v) is 4.14. The molecule has 0 atom stereocenters. The molecule has 158 valence electrons. The van der Waals surface area contributed by atoms with Gasteiger partial charge in [-0.1, -0.05) is 42.5 Å². The third-order valence-electron chi connectivity index (χ3n) is 4.60. The Labute approximate surface area is 174 Å². The summed E-state index contributed by atoms with van der Waals surface area (Å²) in [6.07, 6.45) is 1.54. The number of ether oxygens (including phenoxy) is 1. The van der Waals surface area contributed by atoms with Gasteiger partial charge < -0.3 is 9.64 Å². The van der Waals surface area contributed by atoms with Crippen LogP contribution >= 0.6 is 0 Å². The van der Waals surface area contributed by atoms with Crippen molar-refractivity contribution in [2.45, 2.75) is 0 Å². The highest BCUT2D eigenvalue weighted by atomic mass is 32.2. The van der Waals surface area contributed by atoms with Crippen molar-refractivity contribution in [2.75, 3.05) is 32.8 Å². The van der Waals surface area contributed by atoms with Crippen LogP contribution in [0.3, 0.4) is 0 Å². The minimum Gasteiger partial charge on any atom is -0.477 e. The summed E-state index contributed by atoms with van der Waals surface area (Å²) in [4.78, 5) is 24.3. The van der Waals surface area contributed by atoms with Crippen molar-refractivity contribution in [3.63, 3.8) is 0 Å². The number of carbonyl (C=O) groups is 1. The predicted octanol–water partition coefficient (Wildman–Crippen LogP) is 2.12. The second-order valence-corrected chi connectivity index (χ2v) is 8.37. The molecule has 30 heavy (non-hydrogen) atoms. The molecule has 2 aromatic rings. The lowest BCUT2D eigenvalue weighted by molar-refractivity contribution is -0.385. The number of nitrogens with zero attached hydrogens (tertiary/aromatic N) is 3. The van der Waals surface area contributed by atoms with Gasteiger partial charge in [0.05, 0.1) is 4.92 Å². The van der Waals surface area contributed by atoms with E-state index < -0.39 is 14.9 Å². The van der Waals surface area contributed by atoms with Crippen LogP contribution in [0.5, 0.6) is 5.75 Å². The molecule has 0 radical (unpaired) electrons. The van der Waals surface area contributed by atoms with Crippen LogP contribution in [-0.4, -0.2) is 61.2 Å². The second-order valence-electron chi connectivity index (χ2n) is 6.55. The van der Waals surface area contributed by atoms with Crippen LogP contribution in [0, 0.1) is 10.1 Å². The van der Waals surface area contributed by atoms with E-state index in [1.807, 2.05) is 18.2 Å². The second kappa shape index (κ2) is 9.51. The van der Waals surface area contributed by atoms with E-state index >= 15 is 0 Å². The minimum atomic E-state index is -3.59. The third-order valence-corrected chi connectivity index (χ3v) is 6.16. The normalized spacial score (nSPS) is 15.3.